The van der Waals surface area contributed by atoms with Gasteiger partial charge in [-0.2, -0.15) is 0 Å². The zero-order valence-corrected chi connectivity index (χ0v) is 23.3. The summed E-state index contributed by atoms with van der Waals surface area (Å²) in [6, 6.07) is 0. The third-order valence-electron chi connectivity index (χ3n) is 11.5. The second-order valence-corrected chi connectivity index (χ2v) is 14.1. The molecular weight excluding hydrogens is 432 g/mol. The lowest BCUT2D eigenvalue weighted by atomic mass is 9.66. The molecule has 5 rings (SSSR count). The van der Waals surface area contributed by atoms with Crippen LogP contribution in [0.4, 0.5) is 0 Å². The lowest BCUT2D eigenvalue weighted by Crippen LogP contribution is -2.40. The number of ether oxygens (including phenoxy) is 3. The maximum atomic E-state index is 6.63. The minimum absolute atomic E-state index is 0.195. The largest absolute Gasteiger partial charge is 0.495 e. The Morgan fingerprint density at radius 2 is 1.63 bits per heavy atom. The van der Waals surface area contributed by atoms with Crippen LogP contribution in [0.25, 0.3) is 0 Å². The summed E-state index contributed by atoms with van der Waals surface area (Å²) >= 11 is 0. The molecule has 5 saturated carbocycles. The number of hydrogen-bond acceptors (Lipinski definition) is 3. The van der Waals surface area contributed by atoms with Gasteiger partial charge in [0.1, 0.15) is 6.10 Å². The van der Waals surface area contributed by atoms with E-state index >= 15 is 0 Å². The maximum Gasteiger partial charge on any atom is 0.188 e. The van der Waals surface area contributed by atoms with Gasteiger partial charge in [0.15, 0.2) is 6.79 Å². The summed E-state index contributed by atoms with van der Waals surface area (Å²) in [4.78, 5) is 0. The predicted molar refractivity (Wildman–Crippen MR) is 142 cm³/mol. The molecule has 0 saturated heterocycles. The van der Waals surface area contributed by atoms with Crippen molar-refractivity contribution in [1.29, 1.82) is 0 Å². The van der Waals surface area contributed by atoms with Crippen molar-refractivity contribution in [3.05, 3.63) is 24.7 Å². The van der Waals surface area contributed by atoms with Gasteiger partial charge in [-0.25, -0.2) is 0 Å². The topological polar surface area (TPSA) is 27.7 Å². The van der Waals surface area contributed by atoms with Crippen molar-refractivity contribution in [2.45, 2.75) is 98.5 Å². The van der Waals surface area contributed by atoms with Crippen LogP contribution in [-0.2, 0) is 14.2 Å². The van der Waals surface area contributed by atoms with Crippen LogP contribution in [0.3, 0.4) is 0 Å². The molecule has 0 amide bonds. The number of hydrogen-bond donors (Lipinski definition) is 0. The van der Waals surface area contributed by atoms with Gasteiger partial charge in [-0.1, -0.05) is 79.9 Å². The van der Waals surface area contributed by atoms with E-state index in [2.05, 4.69) is 47.8 Å². The first kappa shape index (κ1) is 25.7. The molecule has 0 radical (unpaired) electrons. The molecule has 3 heteroatoms. The molecule has 0 N–H and O–H groups in total. The highest BCUT2D eigenvalue weighted by molar-refractivity contribution is 5.17. The normalized spacial score (nSPS) is 39.6. The third-order valence-corrected chi connectivity index (χ3v) is 11.5. The van der Waals surface area contributed by atoms with Crippen molar-refractivity contribution in [3.8, 4) is 0 Å². The Labute approximate surface area is 215 Å². The van der Waals surface area contributed by atoms with Crippen molar-refractivity contribution >= 4 is 0 Å². The molecule has 5 aliphatic carbocycles. The van der Waals surface area contributed by atoms with Gasteiger partial charge < -0.3 is 14.2 Å². The Morgan fingerprint density at radius 1 is 0.943 bits per heavy atom. The fourth-order valence-corrected chi connectivity index (χ4v) is 9.27. The summed E-state index contributed by atoms with van der Waals surface area (Å²) in [6.07, 6.45) is 12.4. The van der Waals surface area contributed by atoms with Crippen LogP contribution in [0.15, 0.2) is 24.7 Å². The van der Waals surface area contributed by atoms with Gasteiger partial charge in [-0.05, 0) is 78.4 Å². The Hall–Kier alpha value is -0.960. The molecule has 0 heterocycles. The first-order valence-electron chi connectivity index (χ1n) is 14.9. The molecule has 3 nitrogen and oxygen atoms in total. The van der Waals surface area contributed by atoms with Gasteiger partial charge in [-0.3, -0.25) is 0 Å². The molecule has 0 aromatic rings. The van der Waals surface area contributed by atoms with Crippen LogP contribution in [0.5, 0.6) is 0 Å². The van der Waals surface area contributed by atoms with E-state index in [0.717, 1.165) is 53.6 Å². The third kappa shape index (κ3) is 4.85. The highest BCUT2D eigenvalue weighted by atomic mass is 16.7. The summed E-state index contributed by atoms with van der Waals surface area (Å²) in [6.45, 7) is 21.4. The zero-order valence-electron chi connectivity index (χ0n) is 23.3. The standard InChI is InChI=1S/C32H52O3/c1-8-22(23-11-9-10-12-23)17-33-18-34-21(4)26-13-24-14-27(26)31-28-15-25(30(24)31)16-29(28)35-20(3)19(2)32(5,6)7/h19,22-31H,3-4,8-18H2,1-2,5-7H3. The molecular formula is C32H52O3. The smallest absolute Gasteiger partial charge is 0.188 e. The minimum Gasteiger partial charge on any atom is -0.495 e. The van der Waals surface area contributed by atoms with Gasteiger partial charge in [0, 0.05) is 11.8 Å². The molecule has 35 heavy (non-hydrogen) atoms. The van der Waals surface area contributed by atoms with Crippen LogP contribution >= 0.6 is 0 Å². The van der Waals surface area contributed by atoms with Crippen molar-refractivity contribution in [2.24, 2.45) is 64.6 Å². The Kier molecular flexibility index (Phi) is 7.39. The summed E-state index contributed by atoms with van der Waals surface area (Å²) < 4.78 is 18.8. The molecule has 0 aromatic heterocycles. The van der Waals surface area contributed by atoms with Crippen LogP contribution < -0.4 is 0 Å². The van der Waals surface area contributed by atoms with E-state index in [1.165, 1.54) is 57.8 Å². The molecule has 198 valence electrons. The number of fused-ring (bicyclic) bond motifs is 9. The van der Waals surface area contributed by atoms with Crippen molar-refractivity contribution in [1.82, 2.24) is 0 Å². The van der Waals surface area contributed by atoms with E-state index in [0.29, 0.717) is 36.6 Å². The lowest BCUT2D eigenvalue weighted by molar-refractivity contribution is -0.0618. The first-order valence-corrected chi connectivity index (χ1v) is 14.9. The average Bonchev–Trinajstić information content (AvgIpc) is 3.63. The SMILES string of the molecule is C=C(OCOCC(CC)C1CCCC1)C1CC2CC1C1C3CC(CC3OC(=C)C(C)C(C)(C)C)C21. The van der Waals surface area contributed by atoms with E-state index in [1.807, 2.05) is 0 Å². The maximum absolute atomic E-state index is 6.63. The van der Waals surface area contributed by atoms with Gasteiger partial charge in [0.25, 0.3) is 0 Å². The Morgan fingerprint density at radius 3 is 2.31 bits per heavy atom. The molecule has 0 spiro atoms. The summed E-state index contributed by atoms with van der Waals surface area (Å²) in [7, 11) is 0. The van der Waals surface area contributed by atoms with Crippen molar-refractivity contribution in [2.75, 3.05) is 13.4 Å². The number of rotatable bonds is 11. The summed E-state index contributed by atoms with van der Waals surface area (Å²) in [5.74, 6) is 9.33. The predicted octanol–water partition coefficient (Wildman–Crippen LogP) is 8.22. The van der Waals surface area contributed by atoms with Gasteiger partial charge in [-0.15, -0.1) is 0 Å². The fourth-order valence-electron chi connectivity index (χ4n) is 9.27. The number of allylic oxidation sites excluding steroid dienone is 2. The molecule has 10 unspecified atom stereocenters. The molecule has 4 bridgehead atoms. The Bertz CT molecular complexity index is 774. The summed E-state index contributed by atoms with van der Waals surface area (Å²) in [5, 5.41) is 0. The van der Waals surface area contributed by atoms with Gasteiger partial charge >= 0.3 is 0 Å². The molecule has 0 aromatic carbocycles. The van der Waals surface area contributed by atoms with Crippen molar-refractivity contribution in [3.63, 3.8) is 0 Å². The molecule has 0 aliphatic heterocycles. The van der Waals surface area contributed by atoms with Crippen LogP contribution in [0, 0.1) is 64.6 Å². The van der Waals surface area contributed by atoms with E-state index in [9.17, 15) is 0 Å². The van der Waals surface area contributed by atoms with Crippen molar-refractivity contribution < 1.29 is 14.2 Å². The van der Waals surface area contributed by atoms with Crippen LogP contribution in [-0.4, -0.2) is 19.5 Å². The van der Waals surface area contributed by atoms with E-state index in [4.69, 9.17) is 14.2 Å². The van der Waals surface area contributed by atoms with Crippen LogP contribution in [0.2, 0.25) is 0 Å². The molecule has 10 atom stereocenters. The molecule has 5 aliphatic rings. The quantitative estimate of drug-likeness (QED) is 0.128. The van der Waals surface area contributed by atoms with Gasteiger partial charge in [0.05, 0.1) is 18.1 Å². The van der Waals surface area contributed by atoms with E-state index in [1.54, 1.807) is 0 Å². The molecule has 5 fully saturated rings. The van der Waals surface area contributed by atoms with E-state index < -0.39 is 0 Å². The second-order valence-electron chi connectivity index (χ2n) is 14.1. The highest BCUT2D eigenvalue weighted by Crippen LogP contribution is 2.70. The zero-order chi connectivity index (χ0) is 24.9. The monoisotopic (exact) mass is 484 g/mol. The average molecular weight is 485 g/mol. The lowest BCUT2D eigenvalue weighted by Gasteiger charge is -2.42. The Balaban J connectivity index is 1.12. The minimum atomic E-state index is 0.195. The summed E-state index contributed by atoms with van der Waals surface area (Å²) in [5.41, 5.74) is 0.195. The fraction of sp³-hybridized carbons (Fsp3) is 0.875. The first-order chi connectivity index (χ1) is 16.7. The van der Waals surface area contributed by atoms with Gasteiger partial charge in [0.2, 0.25) is 0 Å². The van der Waals surface area contributed by atoms with E-state index in [-0.39, 0.29) is 5.41 Å². The van der Waals surface area contributed by atoms with Crippen LogP contribution in [0.1, 0.15) is 92.4 Å². The highest BCUT2D eigenvalue weighted by Gasteiger charge is 2.65. The second kappa shape index (κ2) is 10.1.